The van der Waals surface area contributed by atoms with Crippen molar-refractivity contribution in [3.8, 4) is 11.3 Å². The second kappa shape index (κ2) is 7.40. The number of fused-ring (bicyclic) bond motifs is 1. The average Bonchev–Trinajstić information content (AvgIpc) is 3.38. The molecule has 3 saturated heterocycles. The van der Waals surface area contributed by atoms with Crippen LogP contribution in [0, 0.1) is 0 Å². The molecule has 5 rings (SSSR count). The van der Waals surface area contributed by atoms with Crippen LogP contribution >= 0.6 is 0 Å². The molecule has 4 heterocycles. The highest BCUT2D eigenvalue weighted by Crippen LogP contribution is 2.33. The Hall–Kier alpha value is -3.07. The van der Waals surface area contributed by atoms with Gasteiger partial charge in [-0.1, -0.05) is 35.5 Å². The van der Waals surface area contributed by atoms with Gasteiger partial charge in [0.15, 0.2) is 11.6 Å². The van der Waals surface area contributed by atoms with E-state index < -0.39 is 0 Å². The van der Waals surface area contributed by atoms with Gasteiger partial charge in [0.25, 0.3) is 5.91 Å². The van der Waals surface area contributed by atoms with Gasteiger partial charge in [0.1, 0.15) is 12.2 Å². The van der Waals surface area contributed by atoms with Crippen molar-refractivity contribution in [2.24, 2.45) is 0 Å². The van der Waals surface area contributed by atoms with Gasteiger partial charge in [0.2, 0.25) is 0 Å². The number of hydrogen-bond acceptors (Lipinski definition) is 7. The quantitative estimate of drug-likeness (QED) is 0.773. The molecule has 9 nitrogen and oxygen atoms in total. The van der Waals surface area contributed by atoms with Gasteiger partial charge in [-0.25, -0.2) is 4.79 Å². The van der Waals surface area contributed by atoms with E-state index >= 15 is 0 Å². The zero-order valence-electron chi connectivity index (χ0n) is 16.0. The molecule has 1 aromatic heterocycles. The minimum absolute atomic E-state index is 0.105. The first kappa shape index (κ1) is 18.0. The molecule has 0 radical (unpaired) electrons. The molecule has 9 heteroatoms. The van der Waals surface area contributed by atoms with Crippen molar-refractivity contribution in [2.75, 3.05) is 57.4 Å². The highest BCUT2D eigenvalue weighted by atomic mass is 16.6. The number of morpholine rings is 1. The molecular formula is C20H22N4O5. The van der Waals surface area contributed by atoms with Crippen molar-refractivity contribution in [1.29, 1.82) is 0 Å². The van der Waals surface area contributed by atoms with Crippen molar-refractivity contribution in [2.45, 2.75) is 6.04 Å². The number of carbonyl (C=O) groups is 2. The lowest BCUT2D eigenvalue weighted by Crippen LogP contribution is -2.54. The smallest absolute Gasteiger partial charge is 0.410 e. The zero-order valence-corrected chi connectivity index (χ0v) is 16.0. The number of cyclic esters (lactones) is 1. The maximum atomic E-state index is 13.6. The standard InChI is InChI=1S/C20H22N4O5/c25-19(23-6-7-24-15(12-23)13-28-20(24)26)16-17(14-4-2-1-3-5-14)29-21-18(16)22-8-10-27-11-9-22/h1-5,15H,6-13H2. The number of aromatic nitrogens is 1. The minimum atomic E-state index is -0.300. The Labute approximate surface area is 167 Å². The Morgan fingerprint density at radius 3 is 2.66 bits per heavy atom. The summed E-state index contributed by atoms with van der Waals surface area (Å²) in [7, 11) is 0. The summed E-state index contributed by atoms with van der Waals surface area (Å²) in [6.45, 7) is 4.14. The topological polar surface area (TPSA) is 88.4 Å². The monoisotopic (exact) mass is 398 g/mol. The largest absolute Gasteiger partial charge is 0.447 e. The average molecular weight is 398 g/mol. The lowest BCUT2D eigenvalue weighted by Gasteiger charge is -2.35. The highest BCUT2D eigenvalue weighted by Gasteiger charge is 2.40. The third-order valence-electron chi connectivity index (χ3n) is 5.64. The number of anilines is 1. The predicted molar refractivity (Wildman–Crippen MR) is 103 cm³/mol. The lowest BCUT2D eigenvalue weighted by molar-refractivity contribution is 0.0617. The molecular weight excluding hydrogens is 376 g/mol. The van der Waals surface area contributed by atoms with Crippen molar-refractivity contribution in [1.82, 2.24) is 15.0 Å². The van der Waals surface area contributed by atoms with E-state index in [-0.39, 0.29) is 18.0 Å². The van der Waals surface area contributed by atoms with Crippen molar-refractivity contribution in [3.63, 3.8) is 0 Å². The highest BCUT2D eigenvalue weighted by molar-refractivity contribution is 6.04. The second-order valence-corrected chi connectivity index (χ2v) is 7.35. The molecule has 152 valence electrons. The van der Waals surface area contributed by atoms with E-state index in [9.17, 15) is 9.59 Å². The summed E-state index contributed by atoms with van der Waals surface area (Å²) in [6, 6.07) is 9.43. The summed E-state index contributed by atoms with van der Waals surface area (Å²) in [5, 5.41) is 4.27. The van der Waals surface area contributed by atoms with E-state index in [1.54, 1.807) is 9.80 Å². The number of amides is 2. The van der Waals surface area contributed by atoms with Gasteiger partial charge in [-0.3, -0.25) is 9.69 Å². The molecule has 1 atom stereocenters. The van der Waals surface area contributed by atoms with E-state index in [0.29, 0.717) is 69.7 Å². The third-order valence-corrected chi connectivity index (χ3v) is 5.64. The van der Waals surface area contributed by atoms with Crippen molar-refractivity contribution in [3.05, 3.63) is 35.9 Å². The Kier molecular flexibility index (Phi) is 4.59. The van der Waals surface area contributed by atoms with E-state index in [4.69, 9.17) is 14.0 Å². The number of rotatable bonds is 3. The molecule has 0 saturated carbocycles. The predicted octanol–water partition coefficient (Wildman–Crippen LogP) is 1.45. The molecule has 3 aliphatic heterocycles. The molecule has 2 amide bonds. The van der Waals surface area contributed by atoms with E-state index in [2.05, 4.69) is 5.16 Å². The molecule has 0 bridgehead atoms. The molecule has 2 aromatic rings. The fraction of sp³-hybridized carbons (Fsp3) is 0.450. The number of carbonyl (C=O) groups excluding carboxylic acids is 2. The van der Waals surface area contributed by atoms with Crippen LogP contribution in [0.25, 0.3) is 11.3 Å². The molecule has 3 fully saturated rings. The zero-order chi connectivity index (χ0) is 19.8. The summed E-state index contributed by atoms with van der Waals surface area (Å²) in [4.78, 5) is 30.9. The van der Waals surface area contributed by atoms with Crippen molar-refractivity contribution >= 4 is 17.8 Å². The first-order chi connectivity index (χ1) is 14.2. The number of nitrogens with zero attached hydrogens (tertiary/aromatic N) is 4. The van der Waals surface area contributed by atoms with Gasteiger partial charge in [0.05, 0.1) is 19.3 Å². The molecule has 1 unspecified atom stereocenters. The van der Waals surface area contributed by atoms with Crippen LogP contribution in [0.1, 0.15) is 10.4 Å². The van der Waals surface area contributed by atoms with Crippen LogP contribution in [0.3, 0.4) is 0 Å². The molecule has 0 N–H and O–H groups in total. The Bertz CT molecular complexity index is 909. The Morgan fingerprint density at radius 2 is 1.86 bits per heavy atom. The van der Waals surface area contributed by atoms with Crippen LogP contribution in [0.5, 0.6) is 0 Å². The normalized spacial score (nSPS) is 21.9. The van der Waals surface area contributed by atoms with Gasteiger partial charge in [-0.05, 0) is 0 Å². The molecule has 3 aliphatic rings. The molecule has 0 aliphatic carbocycles. The fourth-order valence-electron chi connectivity index (χ4n) is 4.08. The van der Waals surface area contributed by atoms with Gasteiger partial charge in [-0.2, -0.15) is 0 Å². The number of piperazine rings is 1. The minimum Gasteiger partial charge on any atom is -0.447 e. The summed E-state index contributed by atoms with van der Waals surface area (Å²) in [6.07, 6.45) is -0.300. The number of hydrogen-bond donors (Lipinski definition) is 0. The number of benzene rings is 1. The summed E-state index contributed by atoms with van der Waals surface area (Å²) in [5.74, 6) is 0.891. The molecule has 0 spiro atoms. The maximum Gasteiger partial charge on any atom is 0.410 e. The summed E-state index contributed by atoms with van der Waals surface area (Å²) < 4.78 is 16.2. The van der Waals surface area contributed by atoms with E-state index in [0.717, 1.165) is 5.56 Å². The van der Waals surface area contributed by atoms with Gasteiger partial charge in [-0.15, -0.1) is 0 Å². The first-order valence-electron chi connectivity index (χ1n) is 9.83. The van der Waals surface area contributed by atoms with Gasteiger partial charge >= 0.3 is 6.09 Å². The fourth-order valence-corrected chi connectivity index (χ4v) is 4.08. The molecule has 29 heavy (non-hydrogen) atoms. The SMILES string of the molecule is O=C(c1c(N2CCOCC2)noc1-c1ccccc1)N1CCN2C(=O)OCC2C1. The van der Waals surface area contributed by atoms with Crippen molar-refractivity contribution < 1.29 is 23.6 Å². The van der Waals surface area contributed by atoms with E-state index in [1.165, 1.54) is 0 Å². The van der Waals surface area contributed by atoms with Gasteiger partial charge in [0, 0.05) is 38.3 Å². The Balaban J connectivity index is 1.49. The number of ether oxygens (including phenoxy) is 2. The van der Waals surface area contributed by atoms with Crippen LogP contribution in [0.4, 0.5) is 10.6 Å². The lowest BCUT2D eigenvalue weighted by atomic mass is 10.1. The van der Waals surface area contributed by atoms with Crippen LogP contribution in [0.2, 0.25) is 0 Å². The van der Waals surface area contributed by atoms with E-state index in [1.807, 2.05) is 35.2 Å². The maximum absolute atomic E-state index is 13.6. The van der Waals surface area contributed by atoms with Gasteiger partial charge < -0.3 is 23.8 Å². The molecule has 1 aromatic carbocycles. The van der Waals surface area contributed by atoms with Crippen LogP contribution in [0.15, 0.2) is 34.9 Å². The van der Waals surface area contributed by atoms with Crippen LogP contribution in [-0.4, -0.2) is 85.5 Å². The Morgan fingerprint density at radius 1 is 1.07 bits per heavy atom. The summed E-state index contributed by atoms with van der Waals surface area (Å²) in [5.41, 5.74) is 1.28. The third kappa shape index (κ3) is 3.21. The van der Waals surface area contributed by atoms with Crippen LogP contribution < -0.4 is 4.90 Å². The first-order valence-corrected chi connectivity index (χ1v) is 9.83. The van der Waals surface area contributed by atoms with Crippen LogP contribution in [-0.2, 0) is 9.47 Å². The second-order valence-electron chi connectivity index (χ2n) is 7.35. The summed E-state index contributed by atoms with van der Waals surface area (Å²) >= 11 is 0.